The lowest BCUT2D eigenvalue weighted by Gasteiger charge is -2.15. The highest BCUT2D eigenvalue weighted by atomic mass is 32.2. The van der Waals surface area contributed by atoms with E-state index in [1.807, 2.05) is 55.5 Å². The molecule has 0 aliphatic rings. The first kappa shape index (κ1) is 29.3. The van der Waals surface area contributed by atoms with Gasteiger partial charge < -0.3 is 16.0 Å². The Morgan fingerprint density at radius 1 is 0.767 bits per heavy atom. The second-order valence-corrected chi connectivity index (χ2v) is 11.1. The van der Waals surface area contributed by atoms with Gasteiger partial charge in [-0.2, -0.15) is 0 Å². The van der Waals surface area contributed by atoms with E-state index in [0.29, 0.717) is 11.3 Å². The average molecular weight is 590 g/mol. The smallest absolute Gasteiger partial charge is 0.272 e. The van der Waals surface area contributed by atoms with E-state index in [9.17, 15) is 18.8 Å². The highest BCUT2D eigenvalue weighted by Crippen LogP contribution is 2.28. The van der Waals surface area contributed by atoms with E-state index in [0.717, 1.165) is 21.4 Å². The predicted molar refractivity (Wildman–Crippen MR) is 171 cm³/mol. The van der Waals surface area contributed by atoms with Gasteiger partial charge in [0, 0.05) is 32.8 Å². The fraction of sp³-hybridized carbons (Fsp3) is 0.0571. The minimum Gasteiger partial charge on any atom is -0.325 e. The molecule has 1 atom stereocenters. The van der Waals surface area contributed by atoms with Crippen LogP contribution >= 0.6 is 11.8 Å². The van der Waals surface area contributed by atoms with Gasteiger partial charge in [-0.1, -0.05) is 78.9 Å². The molecule has 0 aliphatic carbocycles. The van der Waals surface area contributed by atoms with Gasteiger partial charge in [0.2, 0.25) is 5.91 Å². The Balaban J connectivity index is 1.30. The van der Waals surface area contributed by atoms with Gasteiger partial charge in [0.15, 0.2) is 0 Å². The van der Waals surface area contributed by atoms with E-state index >= 15 is 0 Å². The number of hydrogen-bond donors (Lipinski definition) is 3. The van der Waals surface area contributed by atoms with Crippen molar-refractivity contribution < 1.29 is 18.8 Å². The number of hydrogen-bond acceptors (Lipinski definition) is 4. The fourth-order valence-electron chi connectivity index (χ4n) is 4.36. The molecule has 0 saturated carbocycles. The lowest BCUT2D eigenvalue weighted by molar-refractivity contribution is -0.115. The van der Waals surface area contributed by atoms with Gasteiger partial charge in [0.1, 0.15) is 11.5 Å². The number of benzene rings is 5. The highest BCUT2D eigenvalue weighted by molar-refractivity contribution is 8.00. The van der Waals surface area contributed by atoms with E-state index in [4.69, 9.17) is 0 Å². The van der Waals surface area contributed by atoms with Gasteiger partial charge in [0.25, 0.3) is 11.8 Å². The van der Waals surface area contributed by atoms with Crippen LogP contribution in [0.1, 0.15) is 22.8 Å². The van der Waals surface area contributed by atoms with E-state index < -0.39 is 22.9 Å². The first-order valence-electron chi connectivity index (χ1n) is 13.6. The van der Waals surface area contributed by atoms with E-state index in [2.05, 4.69) is 16.0 Å². The Morgan fingerprint density at radius 3 is 2.28 bits per heavy atom. The predicted octanol–water partition coefficient (Wildman–Crippen LogP) is 7.51. The van der Waals surface area contributed by atoms with Gasteiger partial charge >= 0.3 is 0 Å². The lowest BCUT2D eigenvalue weighted by Crippen LogP contribution is -2.30. The zero-order valence-electron chi connectivity index (χ0n) is 23.2. The zero-order chi connectivity index (χ0) is 30.2. The van der Waals surface area contributed by atoms with E-state index in [1.165, 1.54) is 30.0 Å². The largest absolute Gasteiger partial charge is 0.325 e. The standard InChI is InChI=1S/C35H28FN3O3S/c1-23(33(40)38-31-20-9-15-24-11-5-7-18-29(24)31)43-28-17-10-16-27(22-28)37-35(42)32(21-26-14-6-8-19-30(26)36)39-34(41)25-12-3-2-4-13-25/h2-23H,1H3,(H,37,42)(H,38,40)(H,39,41)/b32-21-. The van der Waals surface area contributed by atoms with E-state index in [1.54, 1.807) is 60.7 Å². The monoisotopic (exact) mass is 589 g/mol. The lowest BCUT2D eigenvalue weighted by atomic mass is 10.1. The molecular weight excluding hydrogens is 561 g/mol. The molecule has 3 amide bonds. The average Bonchev–Trinajstić information content (AvgIpc) is 3.02. The van der Waals surface area contributed by atoms with Gasteiger partial charge in [-0.15, -0.1) is 11.8 Å². The minimum absolute atomic E-state index is 0.125. The minimum atomic E-state index is -0.628. The first-order chi connectivity index (χ1) is 20.9. The summed E-state index contributed by atoms with van der Waals surface area (Å²) in [5, 5.41) is 9.97. The van der Waals surface area contributed by atoms with Crippen LogP contribution in [-0.2, 0) is 9.59 Å². The third kappa shape index (κ3) is 7.55. The number of halogens is 1. The normalized spacial score (nSPS) is 11.9. The molecule has 0 fully saturated rings. The molecule has 0 bridgehead atoms. The molecule has 5 aromatic carbocycles. The number of anilines is 2. The summed E-state index contributed by atoms with van der Waals surface area (Å²) in [5.41, 5.74) is 1.56. The number of rotatable bonds is 9. The molecule has 0 aromatic heterocycles. The Hall–Kier alpha value is -5.21. The summed E-state index contributed by atoms with van der Waals surface area (Å²) in [5.74, 6) is -1.82. The molecule has 214 valence electrons. The topological polar surface area (TPSA) is 87.3 Å². The van der Waals surface area contributed by atoms with Crippen molar-refractivity contribution in [2.24, 2.45) is 0 Å². The highest BCUT2D eigenvalue weighted by Gasteiger charge is 2.18. The number of carbonyl (C=O) groups excluding carboxylic acids is 3. The van der Waals surface area contributed by atoms with Crippen molar-refractivity contribution in [1.29, 1.82) is 0 Å². The van der Waals surface area contributed by atoms with Gasteiger partial charge in [-0.05, 0) is 60.9 Å². The van der Waals surface area contributed by atoms with Crippen LogP contribution in [0.4, 0.5) is 15.8 Å². The SMILES string of the molecule is CC(Sc1cccc(NC(=O)/C(=C/c2ccccc2F)NC(=O)c2ccccc2)c1)C(=O)Nc1cccc2ccccc12. The van der Waals surface area contributed by atoms with Crippen LogP contribution in [0.25, 0.3) is 16.8 Å². The summed E-state index contributed by atoms with van der Waals surface area (Å²) in [6.07, 6.45) is 1.30. The van der Waals surface area contributed by atoms with Crippen LogP contribution in [0.15, 0.2) is 132 Å². The fourth-order valence-corrected chi connectivity index (χ4v) is 5.29. The Morgan fingerprint density at radius 2 is 1.47 bits per heavy atom. The second kappa shape index (κ2) is 13.6. The third-order valence-electron chi connectivity index (χ3n) is 6.56. The number of nitrogens with one attached hydrogen (secondary N) is 3. The molecule has 1 unspecified atom stereocenters. The maximum atomic E-state index is 14.4. The van der Waals surface area contributed by atoms with Crippen LogP contribution in [0.3, 0.4) is 0 Å². The molecule has 0 radical (unpaired) electrons. The molecule has 43 heavy (non-hydrogen) atoms. The molecule has 0 saturated heterocycles. The number of carbonyl (C=O) groups is 3. The maximum Gasteiger partial charge on any atom is 0.272 e. The van der Waals surface area contributed by atoms with Crippen LogP contribution < -0.4 is 16.0 Å². The molecule has 0 spiro atoms. The van der Waals surface area contributed by atoms with Crippen LogP contribution in [0.5, 0.6) is 0 Å². The third-order valence-corrected chi connectivity index (χ3v) is 7.65. The van der Waals surface area contributed by atoms with Gasteiger partial charge in [-0.25, -0.2) is 4.39 Å². The zero-order valence-corrected chi connectivity index (χ0v) is 24.0. The van der Waals surface area contributed by atoms with Crippen LogP contribution in [0.2, 0.25) is 0 Å². The molecular formula is C35H28FN3O3S. The summed E-state index contributed by atoms with van der Waals surface area (Å²) >= 11 is 1.34. The van der Waals surface area contributed by atoms with E-state index in [-0.39, 0.29) is 17.2 Å². The second-order valence-electron chi connectivity index (χ2n) is 9.66. The van der Waals surface area contributed by atoms with Crippen molar-refractivity contribution in [2.45, 2.75) is 17.1 Å². The van der Waals surface area contributed by atoms with Crippen molar-refractivity contribution in [1.82, 2.24) is 5.32 Å². The number of amides is 3. The van der Waals surface area contributed by atoms with Crippen molar-refractivity contribution in [3.05, 3.63) is 144 Å². The number of thioether (sulfide) groups is 1. The quantitative estimate of drug-likeness (QED) is 0.123. The van der Waals surface area contributed by atoms with Gasteiger partial charge in [0.05, 0.1) is 5.25 Å². The van der Waals surface area contributed by atoms with Gasteiger partial charge in [-0.3, -0.25) is 14.4 Å². The Bertz CT molecular complexity index is 1820. The summed E-state index contributed by atoms with van der Waals surface area (Å²) in [6.45, 7) is 1.81. The number of fused-ring (bicyclic) bond motifs is 1. The molecule has 6 nitrogen and oxygen atoms in total. The molecule has 5 rings (SSSR count). The maximum absolute atomic E-state index is 14.4. The van der Waals surface area contributed by atoms with Crippen molar-refractivity contribution in [3.8, 4) is 0 Å². The Kier molecular flexibility index (Phi) is 9.29. The summed E-state index contributed by atoms with van der Waals surface area (Å²) in [7, 11) is 0. The molecule has 8 heteroatoms. The Labute approximate surface area is 253 Å². The summed E-state index contributed by atoms with van der Waals surface area (Å²) < 4.78 is 14.4. The summed E-state index contributed by atoms with van der Waals surface area (Å²) in [6, 6.07) is 35.1. The molecule has 0 heterocycles. The van der Waals surface area contributed by atoms with Crippen molar-refractivity contribution >= 4 is 57.7 Å². The molecule has 5 aromatic rings. The van der Waals surface area contributed by atoms with Crippen LogP contribution in [-0.4, -0.2) is 23.0 Å². The van der Waals surface area contributed by atoms with Crippen molar-refractivity contribution in [2.75, 3.05) is 10.6 Å². The molecule has 0 aliphatic heterocycles. The summed E-state index contributed by atoms with van der Waals surface area (Å²) in [4.78, 5) is 40.0. The first-order valence-corrected chi connectivity index (χ1v) is 14.4. The van der Waals surface area contributed by atoms with Crippen LogP contribution in [0, 0.1) is 5.82 Å². The molecule has 3 N–H and O–H groups in total. The van der Waals surface area contributed by atoms with Crippen molar-refractivity contribution in [3.63, 3.8) is 0 Å².